The average Bonchev–Trinajstić information content (AvgIpc) is 3.13. The van der Waals surface area contributed by atoms with Crippen LogP contribution >= 0.6 is 66.8 Å². The van der Waals surface area contributed by atoms with Crippen LogP contribution in [0.4, 0.5) is 0 Å². The van der Waals surface area contributed by atoms with Crippen LogP contribution < -0.4 is 0 Å². The maximum atomic E-state index is 13.0. The Hall–Kier alpha value is -2.89. The number of hydrogen-bond acceptors (Lipinski definition) is 5. The van der Waals surface area contributed by atoms with Gasteiger partial charge in [-0.05, 0) is 58.7 Å². The van der Waals surface area contributed by atoms with E-state index in [2.05, 4.69) is 31.9 Å². The molecular formula is C38H32Br2Cl2N2O4S. The van der Waals surface area contributed by atoms with Gasteiger partial charge in [0.1, 0.15) is 0 Å². The number of carbonyl (C=O) groups excluding carboxylic acids is 2. The van der Waals surface area contributed by atoms with E-state index in [9.17, 15) is 9.59 Å². The van der Waals surface area contributed by atoms with Crippen LogP contribution in [-0.4, -0.2) is 74.2 Å². The molecule has 4 aromatic carbocycles. The van der Waals surface area contributed by atoms with Crippen molar-refractivity contribution in [1.29, 1.82) is 0 Å². The topological polar surface area (TPSA) is 59.1 Å². The second kappa shape index (κ2) is 16.9. The highest BCUT2D eigenvalue weighted by Gasteiger charge is 2.21. The molecular weight excluding hydrogens is 811 g/mol. The zero-order valence-electron chi connectivity index (χ0n) is 26.3. The molecule has 2 saturated heterocycles. The van der Waals surface area contributed by atoms with E-state index in [0.717, 1.165) is 52.1 Å². The fourth-order valence-electron chi connectivity index (χ4n) is 5.67. The Morgan fingerprint density at radius 1 is 0.612 bits per heavy atom. The molecule has 0 aromatic heterocycles. The van der Waals surface area contributed by atoms with Crippen LogP contribution in [0, 0.1) is 0 Å². The van der Waals surface area contributed by atoms with Crippen LogP contribution in [0.2, 0.25) is 10.0 Å². The fraction of sp³-hybridized carbons (Fsp3) is 0.211. The second-order valence-electron chi connectivity index (χ2n) is 11.3. The number of halogens is 4. The summed E-state index contributed by atoms with van der Waals surface area (Å²) >= 11 is 23.4. The number of rotatable bonds is 8. The van der Waals surface area contributed by atoms with E-state index in [1.807, 2.05) is 84.9 Å². The van der Waals surface area contributed by atoms with Gasteiger partial charge in [0.2, 0.25) is 11.8 Å². The largest absolute Gasteiger partial charge is 0.378 e. The van der Waals surface area contributed by atoms with Crippen molar-refractivity contribution < 1.29 is 19.1 Å². The number of amides is 2. The predicted molar refractivity (Wildman–Crippen MR) is 206 cm³/mol. The maximum absolute atomic E-state index is 13.0. The molecule has 2 fully saturated rings. The van der Waals surface area contributed by atoms with E-state index in [1.54, 1.807) is 22.0 Å². The minimum Gasteiger partial charge on any atom is -0.378 e. The molecule has 11 heteroatoms. The Balaban J connectivity index is 1.38. The molecule has 2 amide bonds. The van der Waals surface area contributed by atoms with E-state index in [0.29, 0.717) is 62.7 Å². The summed E-state index contributed by atoms with van der Waals surface area (Å²) in [7, 11) is 0. The summed E-state index contributed by atoms with van der Waals surface area (Å²) in [6.45, 7) is 4.41. The molecule has 2 heterocycles. The minimum atomic E-state index is -0.0666. The van der Waals surface area contributed by atoms with E-state index in [1.165, 1.54) is 11.8 Å². The fourth-order valence-corrected chi connectivity index (χ4v) is 8.31. The number of ether oxygens (including phenoxy) is 2. The van der Waals surface area contributed by atoms with Crippen LogP contribution in [0.15, 0.2) is 104 Å². The van der Waals surface area contributed by atoms with E-state index >= 15 is 0 Å². The van der Waals surface area contributed by atoms with E-state index < -0.39 is 0 Å². The Morgan fingerprint density at radius 3 is 1.39 bits per heavy atom. The lowest BCUT2D eigenvalue weighted by atomic mass is 9.99. The van der Waals surface area contributed by atoms with Crippen molar-refractivity contribution in [2.24, 2.45) is 0 Å². The molecule has 0 bridgehead atoms. The molecule has 0 spiro atoms. The Kier molecular flexibility index (Phi) is 12.4. The summed E-state index contributed by atoms with van der Waals surface area (Å²) < 4.78 is 12.6. The number of benzene rings is 4. The van der Waals surface area contributed by atoms with Crippen molar-refractivity contribution in [1.82, 2.24) is 9.80 Å². The van der Waals surface area contributed by atoms with Crippen molar-refractivity contribution in [3.63, 3.8) is 0 Å². The molecule has 2 aliphatic rings. The molecule has 6 nitrogen and oxygen atoms in total. The first-order chi connectivity index (χ1) is 23.8. The van der Waals surface area contributed by atoms with Crippen LogP contribution in [0.1, 0.15) is 11.1 Å². The van der Waals surface area contributed by atoms with Gasteiger partial charge in [-0.15, -0.1) is 0 Å². The highest BCUT2D eigenvalue weighted by atomic mass is 79.9. The Bertz CT molecular complexity index is 1790. The van der Waals surface area contributed by atoms with Crippen LogP contribution in [-0.2, 0) is 19.1 Å². The summed E-state index contributed by atoms with van der Waals surface area (Å²) in [5, 5.41) is 1.08. The van der Waals surface area contributed by atoms with Crippen molar-refractivity contribution >= 4 is 90.8 Å². The lowest BCUT2D eigenvalue weighted by Crippen LogP contribution is -2.39. The zero-order chi connectivity index (χ0) is 34.3. The van der Waals surface area contributed by atoms with Crippen LogP contribution in [0.5, 0.6) is 0 Å². The minimum absolute atomic E-state index is 0.0666. The summed E-state index contributed by atoms with van der Waals surface area (Å²) in [6.07, 6.45) is 6.84. The highest BCUT2D eigenvalue weighted by Crippen LogP contribution is 2.48. The first-order valence-electron chi connectivity index (χ1n) is 15.7. The molecule has 4 aromatic rings. The van der Waals surface area contributed by atoms with Gasteiger partial charge in [-0.3, -0.25) is 9.59 Å². The summed E-state index contributed by atoms with van der Waals surface area (Å²) in [5.41, 5.74) is 5.03. The maximum Gasteiger partial charge on any atom is 0.246 e. The lowest BCUT2D eigenvalue weighted by Gasteiger charge is -2.25. The van der Waals surface area contributed by atoms with Crippen molar-refractivity contribution in [3.05, 3.63) is 115 Å². The smallest absolute Gasteiger partial charge is 0.246 e. The molecule has 252 valence electrons. The third-order valence-electron chi connectivity index (χ3n) is 8.24. The third kappa shape index (κ3) is 8.53. The van der Waals surface area contributed by atoms with Crippen LogP contribution in [0.25, 0.3) is 34.4 Å². The molecule has 0 unspecified atom stereocenters. The first kappa shape index (κ1) is 35.9. The van der Waals surface area contributed by atoms with E-state index in [-0.39, 0.29) is 11.8 Å². The van der Waals surface area contributed by atoms with Gasteiger partial charge in [-0.2, -0.15) is 0 Å². The van der Waals surface area contributed by atoms with Gasteiger partial charge in [0.25, 0.3) is 0 Å². The number of morpholine rings is 2. The third-order valence-corrected chi connectivity index (χ3v) is 11.8. The summed E-state index contributed by atoms with van der Waals surface area (Å²) in [4.78, 5) is 31.1. The van der Waals surface area contributed by atoms with Gasteiger partial charge in [0.05, 0.1) is 36.5 Å². The van der Waals surface area contributed by atoms with Crippen molar-refractivity contribution in [2.75, 3.05) is 52.6 Å². The SMILES string of the molecule is O=C(/C=C/c1ccc(Sc2ccc(/C=C/C(=O)N3CCOCC3)c(-c3ccccc3Br)c2Cl)c(Cl)c1-c1ccccc1Br)N1CCOCC1. The molecule has 49 heavy (non-hydrogen) atoms. The summed E-state index contributed by atoms with van der Waals surface area (Å²) in [5.74, 6) is -0.133. The monoisotopic (exact) mass is 840 g/mol. The predicted octanol–water partition coefficient (Wildman–Crippen LogP) is 9.75. The molecule has 0 N–H and O–H groups in total. The van der Waals surface area contributed by atoms with Gasteiger partial charge < -0.3 is 19.3 Å². The quantitative estimate of drug-likeness (QED) is 0.166. The first-order valence-corrected chi connectivity index (χ1v) is 18.9. The second-order valence-corrected chi connectivity index (χ2v) is 14.8. The van der Waals surface area contributed by atoms with Gasteiger partial charge in [0, 0.05) is 68.2 Å². The summed E-state index contributed by atoms with van der Waals surface area (Å²) in [6, 6.07) is 23.6. The highest BCUT2D eigenvalue weighted by molar-refractivity contribution is 9.11. The molecule has 6 rings (SSSR count). The standard InChI is InChI=1S/C38H32Br2Cl2N2O4S/c39-29-7-3-1-5-27(29)35-25(11-15-33(45)43-17-21-47-22-18-43)9-13-31(37(35)41)49-32-14-10-26(12-16-34(46)44-19-23-48-24-20-44)36(38(32)42)28-6-2-4-8-30(28)40/h1-16H,17-24H2/b15-11+,16-12+. The zero-order valence-corrected chi connectivity index (χ0v) is 31.8. The van der Waals surface area contributed by atoms with Crippen LogP contribution in [0.3, 0.4) is 0 Å². The molecule has 0 atom stereocenters. The van der Waals surface area contributed by atoms with Gasteiger partial charge >= 0.3 is 0 Å². The average molecular weight is 843 g/mol. The normalized spacial score (nSPS) is 15.3. The number of nitrogens with zero attached hydrogens (tertiary/aromatic N) is 2. The van der Waals surface area contributed by atoms with Crippen molar-refractivity contribution in [2.45, 2.75) is 9.79 Å². The molecule has 0 aliphatic carbocycles. The van der Waals surface area contributed by atoms with Crippen molar-refractivity contribution in [3.8, 4) is 22.3 Å². The lowest BCUT2D eigenvalue weighted by molar-refractivity contribution is -0.130. The Morgan fingerprint density at radius 2 is 1.00 bits per heavy atom. The van der Waals surface area contributed by atoms with Gasteiger partial charge in [-0.1, -0.05) is 115 Å². The van der Waals surface area contributed by atoms with E-state index in [4.69, 9.17) is 32.7 Å². The molecule has 2 aliphatic heterocycles. The molecule has 0 radical (unpaired) electrons. The molecule has 0 saturated carbocycles. The number of hydrogen-bond donors (Lipinski definition) is 0. The number of carbonyl (C=O) groups is 2. The Labute approximate surface area is 317 Å². The van der Waals surface area contributed by atoms with Gasteiger partial charge in [0.15, 0.2) is 0 Å². The van der Waals surface area contributed by atoms with Gasteiger partial charge in [-0.25, -0.2) is 0 Å².